The highest BCUT2D eigenvalue weighted by molar-refractivity contribution is 5.82. The van der Waals surface area contributed by atoms with Crippen LogP contribution >= 0.6 is 0 Å². The Morgan fingerprint density at radius 3 is 2.46 bits per heavy atom. The van der Waals surface area contributed by atoms with Crippen molar-refractivity contribution in [1.29, 1.82) is 0 Å². The zero-order valence-corrected chi connectivity index (χ0v) is 13.2. The molecule has 0 saturated heterocycles. The number of ether oxygens (including phenoxy) is 1. The average molecular weight is 335 g/mol. The SMILES string of the molecule is CC([C]=O)NC(=O)CCC(NC(=O)OCc1ccccc1)C(=O)O. The third-order valence-electron chi connectivity index (χ3n) is 3.02. The molecule has 0 heterocycles. The number of amides is 2. The highest BCUT2D eigenvalue weighted by Crippen LogP contribution is 2.03. The van der Waals surface area contributed by atoms with E-state index in [0.29, 0.717) is 0 Å². The number of carboxylic acids is 1. The summed E-state index contributed by atoms with van der Waals surface area (Å²) in [5.41, 5.74) is 0.762. The summed E-state index contributed by atoms with van der Waals surface area (Å²) in [4.78, 5) is 44.6. The van der Waals surface area contributed by atoms with Gasteiger partial charge in [0.2, 0.25) is 12.2 Å². The van der Waals surface area contributed by atoms with E-state index in [1.165, 1.54) is 6.92 Å². The number of alkyl carbamates (subject to hydrolysis) is 1. The Labute approximate surface area is 139 Å². The Hall–Kier alpha value is -2.90. The van der Waals surface area contributed by atoms with Crippen LogP contribution in [0.5, 0.6) is 0 Å². The van der Waals surface area contributed by atoms with Crippen LogP contribution in [0.25, 0.3) is 0 Å². The minimum Gasteiger partial charge on any atom is -0.480 e. The third kappa shape index (κ3) is 7.39. The molecule has 0 bridgehead atoms. The predicted molar refractivity (Wildman–Crippen MR) is 83.7 cm³/mol. The van der Waals surface area contributed by atoms with Crippen molar-refractivity contribution >= 4 is 24.3 Å². The fourth-order valence-electron chi connectivity index (χ4n) is 1.78. The lowest BCUT2D eigenvalue weighted by molar-refractivity contribution is -0.139. The lowest BCUT2D eigenvalue weighted by Gasteiger charge is -2.15. The number of hydrogen-bond acceptors (Lipinski definition) is 5. The fourth-order valence-corrected chi connectivity index (χ4v) is 1.78. The summed E-state index contributed by atoms with van der Waals surface area (Å²) >= 11 is 0. The van der Waals surface area contributed by atoms with Crippen molar-refractivity contribution in [1.82, 2.24) is 10.6 Å². The topological polar surface area (TPSA) is 122 Å². The van der Waals surface area contributed by atoms with Gasteiger partial charge in [-0.15, -0.1) is 0 Å². The number of carbonyl (C=O) groups excluding carboxylic acids is 3. The largest absolute Gasteiger partial charge is 0.480 e. The number of carbonyl (C=O) groups is 3. The molecule has 1 aromatic rings. The van der Waals surface area contributed by atoms with E-state index in [1.54, 1.807) is 30.6 Å². The minimum absolute atomic E-state index is 0.00613. The van der Waals surface area contributed by atoms with Gasteiger partial charge in [0.05, 0.1) is 6.04 Å². The highest BCUT2D eigenvalue weighted by Gasteiger charge is 2.22. The molecule has 1 radical (unpaired) electrons. The van der Waals surface area contributed by atoms with Gasteiger partial charge in [-0.3, -0.25) is 9.59 Å². The molecule has 1 aromatic carbocycles. The molecule has 2 amide bonds. The van der Waals surface area contributed by atoms with Gasteiger partial charge in [0.1, 0.15) is 12.6 Å². The third-order valence-corrected chi connectivity index (χ3v) is 3.02. The van der Waals surface area contributed by atoms with Gasteiger partial charge in [-0.05, 0) is 18.9 Å². The van der Waals surface area contributed by atoms with Crippen LogP contribution in [-0.4, -0.2) is 41.4 Å². The molecule has 0 aliphatic heterocycles. The van der Waals surface area contributed by atoms with E-state index in [9.17, 15) is 19.2 Å². The van der Waals surface area contributed by atoms with Gasteiger partial charge in [-0.1, -0.05) is 30.3 Å². The number of hydrogen-bond donors (Lipinski definition) is 3. The van der Waals surface area contributed by atoms with Crippen molar-refractivity contribution in [2.24, 2.45) is 0 Å². The summed E-state index contributed by atoms with van der Waals surface area (Å²) in [6.07, 6.45) is 0.399. The first-order chi connectivity index (χ1) is 11.4. The van der Waals surface area contributed by atoms with E-state index in [4.69, 9.17) is 9.84 Å². The first-order valence-electron chi connectivity index (χ1n) is 7.29. The lowest BCUT2D eigenvalue weighted by Crippen LogP contribution is -2.42. The van der Waals surface area contributed by atoms with Gasteiger partial charge < -0.3 is 20.5 Å². The van der Waals surface area contributed by atoms with Crippen molar-refractivity contribution in [3.05, 3.63) is 35.9 Å². The van der Waals surface area contributed by atoms with Crippen molar-refractivity contribution in [2.45, 2.75) is 38.5 Å². The summed E-state index contributed by atoms with van der Waals surface area (Å²) in [5, 5.41) is 13.6. The highest BCUT2D eigenvalue weighted by atomic mass is 16.5. The van der Waals surface area contributed by atoms with E-state index in [1.807, 2.05) is 6.07 Å². The zero-order chi connectivity index (χ0) is 17.9. The molecular weight excluding hydrogens is 316 g/mol. The molecule has 0 fully saturated rings. The Kier molecular flexibility index (Phi) is 7.97. The van der Waals surface area contributed by atoms with Crippen LogP contribution in [0, 0.1) is 0 Å². The number of aliphatic carboxylic acids is 1. The molecule has 0 spiro atoms. The summed E-state index contributed by atoms with van der Waals surface area (Å²) in [7, 11) is 0. The minimum atomic E-state index is -1.28. The van der Waals surface area contributed by atoms with Crippen molar-refractivity contribution in [2.75, 3.05) is 0 Å². The van der Waals surface area contributed by atoms with Crippen LogP contribution in [0.3, 0.4) is 0 Å². The predicted octanol–water partition coefficient (Wildman–Crippen LogP) is 0.761. The number of benzene rings is 1. The van der Waals surface area contributed by atoms with Gasteiger partial charge in [0, 0.05) is 6.42 Å². The summed E-state index contributed by atoms with van der Waals surface area (Å²) in [5.74, 6) is -1.79. The second kappa shape index (κ2) is 9.98. The smallest absolute Gasteiger partial charge is 0.408 e. The van der Waals surface area contributed by atoms with E-state index in [2.05, 4.69) is 10.6 Å². The molecular formula is C16H19N2O6. The summed E-state index contributed by atoms with van der Waals surface area (Å²) in [6.45, 7) is 1.45. The van der Waals surface area contributed by atoms with Gasteiger partial charge in [0.25, 0.3) is 0 Å². The molecule has 8 heteroatoms. The molecule has 24 heavy (non-hydrogen) atoms. The van der Waals surface area contributed by atoms with Crippen molar-refractivity contribution in [3.63, 3.8) is 0 Å². The molecule has 0 saturated carbocycles. The molecule has 2 atom stereocenters. The normalized spacial score (nSPS) is 12.5. The first-order valence-corrected chi connectivity index (χ1v) is 7.29. The molecule has 2 unspecified atom stereocenters. The van der Waals surface area contributed by atoms with Crippen LogP contribution in [0.2, 0.25) is 0 Å². The number of rotatable bonds is 9. The van der Waals surface area contributed by atoms with Gasteiger partial charge >= 0.3 is 12.1 Å². The van der Waals surface area contributed by atoms with Gasteiger partial charge in [-0.25, -0.2) is 9.59 Å². The maximum atomic E-state index is 11.7. The fraction of sp³-hybridized carbons (Fsp3) is 0.375. The zero-order valence-electron chi connectivity index (χ0n) is 13.2. The number of carboxylic acid groups (broad SMARTS) is 1. The van der Waals surface area contributed by atoms with E-state index >= 15 is 0 Å². The van der Waals surface area contributed by atoms with Crippen LogP contribution < -0.4 is 10.6 Å². The standard InChI is InChI=1S/C16H19N2O6/c1-11(9-19)17-14(20)8-7-13(15(21)22)18-16(23)24-10-12-5-3-2-4-6-12/h2-6,11,13H,7-8,10H2,1H3,(H,17,20)(H,18,23)(H,21,22). The van der Waals surface area contributed by atoms with Gasteiger partial charge in [0.15, 0.2) is 0 Å². The average Bonchev–Trinajstić information content (AvgIpc) is 2.57. The maximum absolute atomic E-state index is 11.7. The van der Waals surface area contributed by atoms with Crippen LogP contribution in [0.4, 0.5) is 4.79 Å². The quantitative estimate of drug-likeness (QED) is 0.612. The second-order valence-corrected chi connectivity index (χ2v) is 5.04. The van der Waals surface area contributed by atoms with E-state index < -0.39 is 30.1 Å². The molecule has 0 aliphatic carbocycles. The monoisotopic (exact) mass is 335 g/mol. The summed E-state index contributed by atoms with van der Waals surface area (Å²) < 4.78 is 4.93. The van der Waals surface area contributed by atoms with Crippen LogP contribution in [-0.2, 0) is 25.7 Å². The molecule has 3 N–H and O–H groups in total. The second-order valence-electron chi connectivity index (χ2n) is 5.04. The lowest BCUT2D eigenvalue weighted by atomic mass is 10.1. The summed E-state index contributed by atoms with van der Waals surface area (Å²) in [6, 6.07) is 6.87. The van der Waals surface area contributed by atoms with E-state index in [0.717, 1.165) is 5.56 Å². The Bertz CT molecular complexity index is 575. The number of nitrogens with one attached hydrogen (secondary N) is 2. The molecule has 8 nitrogen and oxygen atoms in total. The van der Waals surface area contributed by atoms with Gasteiger partial charge in [-0.2, -0.15) is 0 Å². The Morgan fingerprint density at radius 2 is 1.88 bits per heavy atom. The van der Waals surface area contributed by atoms with E-state index in [-0.39, 0.29) is 19.4 Å². The first kappa shape index (κ1) is 19.1. The Balaban J connectivity index is 2.41. The molecule has 129 valence electrons. The van der Waals surface area contributed by atoms with Crippen LogP contribution in [0.1, 0.15) is 25.3 Å². The molecule has 0 aromatic heterocycles. The molecule has 0 aliphatic rings. The van der Waals surface area contributed by atoms with Crippen molar-refractivity contribution in [3.8, 4) is 0 Å². The maximum Gasteiger partial charge on any atom is 0.408 e. The van der Waals surface area contributed by atoms with Crippen LogP contribution in [0.15, 0.2) is 30.3 Å². The van der Waals surface area contributed by atoms with Crippen molar-refractivity contribution < 1.29 is 29.0 Å². The Morgan fingerprint density at radius 1 is 1.21 bits per heavy atom. The molecule has 1 rings (SSSR count).